The Morgan fingerprint density at radius 2 is 2.15 bits per heavy atom. The van der Waals surface area contributed by atoms with Crippen molar-refractivity contribution in [2.24, 2.45) is 5.73 Å². The highest BCUT2D eigenvalue weighted by molar-refractivity contribution is 5.91. The highest BCUT2D eigenvalue weighted by Crippen LogP contribution is 2.23. The van der Waals surface area contributed by atoms with Gasteiger partial charge in [0, 0.05) is 43.1 Å². The van der Waals surface area contributed by atoms with Crippen molar-refractivity contribution in [1.29, 1.82) is 0 Å². The number of aromatic nitrogens is 2. The first kappa shape index (κ1) is 18.6. The van der Waals surface area contributed by atoms with Crippen molar-refractivity contribution in [2.45, 2.75) is 0 Å². The molecule has 1 saturated heterocycles. The minimum atomic E-state index is -0.375. The lowest BCUT2D eigenvalue weighted by Gasteiger charge is -2.29. The number of amides is 1. The number of carbonyl (C=O) groups is 1. The van der Waals surface area contributed by atoms with E-state index < -0.39 is 0 Å². The predicted octanol–water partition coefficient (Wildman–Crippen LogP) is 1.09. The van der Waals surface area contributed by atoms with Crippen LogP contribution in [0.1, 0.15) is 10.5 Å². The first-order valence-electron chi connectivity index (χ1n) is 8.51. The standard InChI is InChI=1S/C18H21FN6O2/c19-15-9-14(1-2-17(15)25-5-7-27-8-6-25)23-10-13(20)11-24-18(26)16-12-21-3-4-22-16/h1-4,9-10,12,23H,5-8,11,20H2,(H,24,26)/b13-10-. The quantitative estimate of drug-likeness (QED) is 0.697. The van der Waals surface area contributed by atoms with Crippen LogP contribution < -0.4 is 21.3 Å². The van der Waals surface area contributed by atoms with E-state index in [4.69, 9.17) is 10.5 Å². The van der Waals surface area contributed by atoms with E-state index in [1.165, 1.54) is 30.9 Å². The molecule has 1 aliphatic rings. The van der Waals surface area contributed by atoms with Crippen molar-refractivity contribution in [3.8, 4) is 0 Å². The van der Waals surface area contributed by atoms with Crippen molar-refractivity contribution < 1.29 is 13.9 Å². The van der Waals surface area contributed by atoms with E-state index in [-0.39, 0.29) is 24.0 Å². The molecule has 1 aromatic carbocycles. The van der Waals surface area contributed by atoms with Gasteiger partial charge in [-0.25, -0.2) is 9.37 Å². The Bertz CT molecular complexity index is 809. The Balaban J connectivity index is 1.53. The number of nitrogens with two attached hydrogens (primary N) is 1. The molecule has 8 nitrogen and oxygen atoms in total. The lowest BCUT2D eigenvalue weighted by atomic mass is 10.2. The molecule has 0 aliphatic carbocycles. The van der Waals surface area contributed by atoms with Crippen LogP contribution in [0.2, 0.25) is 0 Å². The normalized spacial score (nSPS) is 14.7. The molecule has 0 atom stereocenters. The zero-order valence-corrected chi connectivity index (χ0v) is 14.7. The van der Waals surface area contributed by atoms with E-state index in [1.807, 2.05) is 4.90 Å². The van der Waals surface area contributed by atoms with Crippen molar-refractivity contribution >= 4 is 17.3 Å². The fourth-order valence-corrected chi connectivity index (χ4v) is 2.57. The first-order valence-corrected chi connectivity index (χ1v) is 8.51. The van der Waals surface area contributed by atoms with Crippen LogP contribution in [0.3, 0.4) is 0 Å². The minimum Gasteiger partial charge on any atom is -0.399 e. The summed E-state index contributed by atoms with van der Waals surface area (Å²) in [6.45, 7) is 2.65. The van der Waals surface area contributed by atoms with Gasteiger partial charge < -0.3 is 26.0 Å². The lowest BCUT2D eigenvalue weighted by molar-refractivity contribution is 0.0951. The molecular formula is C18H21FN6O2. The van der Waals surface area contributed by atoms with Crippen molar-refractivity contribution in [3.63, 3.8) is 0 Å². The molecule has 9 heteroatoms. The molecule has 0 radical (unpaired) electrons. The van der Waals surface area contributed by atoms with Crippen LogP contribution in [0.25, 0.3) is 0 Å². The third-order valence-corrected chi connectivity index (χ3v) is 3.97. The van der Waals surface area contributed by atoms with Crippen LogP contribution in [0, 0.1) is 5.82 Å². The summed E-state index contributed by atoms with van der Waals surface area (Å²) < 4.78 is 19.6. The number of morpholine rings is 1. The monoisotopic (exact) mass is 372 g/mol. The number of rotatable bonds is 6. The van der Waals surface area contributed by atoms with Gasteiger partial charge in [0.2, 0.25) is 0 Å². The molecule has 0 unspecified atom stereocenters. The Morgan fingerprint density at radius 1 is 1.33 bits per heavy atom. The zero-order chi connectivity index (χ0) is 19.1. The van der Waals surface area contributed by atoms with E-state index in [0.717, 1.165) is 0 Å². The van der Waals surface area contributed by atoms with Crippen molar-refractivity contribution in [3.05, 3.63) is 60.2 Å². The maximum Gasteiger partial charge on any atom is 0.271 e. The van der Waals surface area contributed by atoms with Gasteiger partial charge in [-0.05, 0) is 18.2 Å². The maximum absolute atomic E-state index is 14.4. The van der Waals surface area contributed by atoms with Crippen LogP contribution in [0.5, 0.6) is 0 Å². The molecule has 0 spiro atoms. The van der Waals surface area contributed by atoms with Gasteiger partial charge in [0.25, 0.3) is 5.91 Å². The van der Waals surface area contributed by atoms with Crippen LogP contribution in [-0.4, -0.2) is 48.7 Å². The van der Waals surface area contributed by atoms with Crippen LogP contribution >= 0.6 is 0 Å². The summed E-state index contributed by atoms with van der Waals surface area (Å²) in [7, 11) is 0. The number of nitrogens with zero attached hydrogens (tertiary/aromatic N) is 3. The van der Waals surface area contributed by atoms with E-state index in [9.17, 15) is 9.18 Å². The molecule has 1 fully saturated rings. The van der Waals surface area contributed by atoms with Gasteiger partial charge in [-0.2, -0.15) is 0 Å². The zero-order valence-electron chi connectivity index (χ0n) is 14.7. The summed E-state index contributed by atoms with van der Waals surface area (Å²) >= 11 is 0. The average Bonchev–Trinajstić information content (AvgIpc) is 2.72. The molecule has 2 aromatic rings. The van der Waals surface area contributed by atoms with Crippen LogP contribution in [0.4, 0.5) is 15.8 Å². The van der Waals surface area contributed by atoms with E-state index in [2.05, 4.69) is 20.6 Å². The summed E-state index contributed by atoms with van der Waals surface area (Å²) in [6, 6.07) is 4.91. The number of anilines is 2. The number of benzene rings is 1. The largest absolute Gasteiger partial charge is 0.399 e. The van der Waals surface area contributed by atoms with Gasteiger partial charge in [0.15, 0.2) is 0 Å². The second-order valence-electron chi connectivity index (χ2n) is 5.90. The SMILES string of the molecule is N/C(=C\Nc1ccc(N2CCOCC2)c(F)c1)CNC(=O)c1cnccn1. The molecular weight excluding hydrogens is 351 g/mol. The second kappa shape index (κ2) is 8.95. The number of hydrogen-bond acceptors (Lipinski definition) is 7. The minimum absolute atomic E-state index is 0.122. The van der Waals surface area contributed by atoms with Crippen molar-refractivity contribution in [2.75, 3.05) is 43.1 Å². The fraction of sp³-hybridized carbons (Fsp3) is 0.278. The highest BCUT2D eigenvalue weighted by atomic mass is 19.1. The predicted molar refractivity (Wildman–Crippen MR) is 99.7 cm³/mol. The number of nitrogens with one attached hydrogen (secondary N) is 2. The summed E-state index contributed by atoms with van der Waals surface area (Å²) in [6.07, 6.45) is 5.80. The van der Waals surface area contributed by atoms with Gasteiger partial charge in [-0.15, -0.1) is 0 Å². The van der Waals surface area contributed by atoms with Gasteiger partial charge in [0.1, 0.15) is 11.5 Å². The van der Waals surface area contributed by atoms with Gasteiger partial charge in [0.05, 0.1) is 31.6 Å². The third-order valence-electron chi connectivity index (χ3n) is 3.97. The van der Waals surface area contributed by atoms with E-state index >= 15 is 0 Å². The molecule has 0 saturated carbocycles. The summed E-state index contributed by atoms with van der Waals surface area (Å²) in [5.74, 6) is -0.690. The molecule has 3 rings (SSSR count). The molecule has 142 valence electrons. The smallest absolute Gasteiger partial charge is 0.271 e. The van der Waals surface area contributed by atoms with Crippen LogP contribution in [-0.2, 0) is 4.74 Å². The average molecular weight is 372 g/mol. The Morgan fingerprint density at radius 3 is 2.85 bits per heavy atom. The number of hydrogen-bond donors (Lipinski definition) is 3. The maximum atomic E-state index is 14.4. The summed E-state index contributed by atoms with van der Waals surface area (Å²) in [4.78, 5) is 21.6. The van der Waals surface area contributed by atoms with Crippen molar-refractivity contribution in [1.82, 2.24) is 15.3 Å². The van der Waals surface area contributed by atoms with Gasteiger partial charge in [-0.1, -0.05) is 0 Å². The Kier molecular flexibility index (Phi) is 6.16. The van der Waals surface area contributed by atoms with Gasteiger partial charge >= 0.3 is 0 Å². The van der Waals surface area contributed by atoms with Crippen LogP contribution in [0.15, 0.2) is 48.7 Å². The van der Waals surface area contributed by atoms with E-state index in [1.54, 1.807) is 12.1 Å². The fourth-order valence-electron chi connectivity index (χ4n) is 2.57. The summed E-state index contributed by atoms with van der Waals surface area (Å²) in [5, 5.41) is 5.56. The Hall–Kier alpha value is -3.20. The highest BCUT2D eigenvalue weighted by Gasteiger charge is 2.15. The molecule has 1 aromatic heterocycles. The third kappa shape index (κ3) is 5.14. The Labute approximate surface area is 156 Å². The lowest BCUT2D eigenvalue weighted by Crippen LogP contribution is -2.36. The number of carbonyl (C=O) groups excluding carboxylic acids is 1. The molecule has 2 heterocycles. The molecule has 4 N–H and O–H groups in total. The molecule has 0 bridgehead atoms. The number of ether oxygens (including phenoxy) is 1. The summed E-state index contributed by atoms with van der Waals surface area (Å²) in [5.41, 5.74) is 7.57. The topological polar surface area (TPSA) is 105 Å². The molecule has 1 amide bonds. The van der Waals surface area contributed by atoms with E-state index in [0.29, 0.717) is 43.4 Å². The molecule has 1 aliphatic heterocycles. The second-order valence-corrected chi connectivity index (χ2v) is 5.90. The number of halogens is 1. The first-order chi connectivity index (χ1) is 13.1. The molecule has 27 heavy (non-hydrogen) atoms. The van der Waals surface area contributed by atoms with Gasteiger partial charge in [-0.3, -0.25) is 9.78 Å².